The molecule has 300 valence electrons. The lowest BCUT2D eigenvalue weighted by Gasteiger charge is -2.35. The molecule has 0 saturated carbocycles. The summed E-state index contributed by atoms with van der Waals surface area (Å²) < 4.78 is 26.7. The molecule has 2 aromatic heterocycles. The van der Waals surface area contributed by atoms with Crippen molar-refractivity contribution < 1.29 is 18.3 Å². The minimum absolute atomic E-state index is 0.197. The van der Waals surface area contributed by atoms with Crippen molar-refractivity contribution in [2.45, 2.75) is 19.3 Å². The minimum Gasteiger partial charge on any atom is -0.456 e. The summed E-state index contributed by atoms with van der Waals surface area (Å²) in [5.74, 6) is 2.61. The molecule has 6 heteroatoms. The van der Waals surface area contributed by atoms with Gasteiger partial charge >= 0.3 is 0 Å². The predicted molar refractivity (Wildman–Crippen MR) is 255 cm³/mol. The van der Waals surface area contributed by atoms with Crippen LogP contribution in [-0.2, 0) is 5.41 Å². The minimum atomic E-state index is -0.197. The molecule has 11 aromatic rings. The Morgan fingerprint density at radius 3 is 1.33 bits per heavy atom. The van der Waals surface area contributed by atoms with Crippen LogP contribution < -0.4 is 19.3 Å². The van der Waals surface area contributed by atoms with Crippen molar-refractivity contribution in [3.05, 3.63) is 205 Å². The number of nitrogens with zero attached hydrogens (tertiary/aromatic N) is 2. The van der Waals surface area contributed by atoms with Gasteiger partial charge in [-0.2, -0.15) is 0 Å². The normalized spacial score (nSPS) is 13.3. The van der Waals surface area contributed by atoms with Crippen LogP contribution in [0.3, 0.4) is 0 Å². The molecule has 0 spiro atoms. The van der Waals surface area contributed by atoms with Crippen LogP contribution in [0.2, 0.25) is 0 Å². The van der Waals surface area contributed by atoms with Crippen molar-refractivity contribution in [3.63, 3.8) is 0 Å². The highest BCUT2D eigenvalue weighted by molar-refractivity contribution is 6.08. The quantitative estimate of drug-likeness (QED) is 0.167. The second-order valence-corrected chi connectivity index (χ2v) is 16.9. The zero-order valence-corrected chi connectivity index (χ0v) is 34.5. The van der Waals surface area contributed by atoms with Crippen LogP contribution >= 0.6 is 0 Å². The lowest BCUT2D eigenvalue weighted by molar-refractivity contribution is 0.359. The molecule has 1 aliphatic heterocycles. The molecule has 63 heavy (non-hydrogen) atoms. The third kappa shape index (κ3) is 5.44. The Kier molecular flexibility index (Phi) is 7.55. The molecule has 0 radical (unpaired) electrons. The predicted octanol–water partition coefficient (Wildman–Crippen LogP) is 16.6. The number of benzene rings is 9. The SMILES string of the molecule is CC1(C)c2ccccc2-c2cc3c(cc21)Oc1cc(N(c2ccccc2)c2ccc4oc5ccccc5c4c2)c(N(c2ccccc2)c2ccc4oc5ccccc5c4c2)cc1O3. The first-order valence-corrected chi connectivity index (χ1v) is 21.3. The van der Waals surface area contributed by atoms with E-state index in [2.05, 4.69) is 194 Å². The van der Waals surface area contributed by atoms with E-state index in [-0.39, 0.29) is 5.41 Å². The smallest absolute Gasteiger partial charge is 0.172 e. The largest absolute Gasteiger partial charge is 0.456 e. The number of ether oxygens (including phenoxy) is 2. The summed E-state index contributed by atoms with van der Waals surface area (Å²) in [6.45, 7) is 4.57. The van der Waals surface area contributed by atoms with Crippen molar-refractivity contribution >= 4 is 78.0 Å². The van der Waals surface area contributed by atoms with Gasteiger partial charge in [0, 0.05) is 61.8 Å². The van der Waals surface area contributed by atoms with Gasteiger partial charge in [-0.3, -0.25) is 0 Å². The zero-order valence-electron chi connectivity index (χ0n) is 34.5. The molecule has 0 unspecified atom stereocenters. The van der Waals surface area contributed by atoms with Gasteiger partial charge in [0.25, 0.3) is 0 Å². The number of hydrogen-bond acceptors (Lipinski definition) is 6. The molecule has 0 amide bonds. The third-order valence-corrected chi connectivity index (χ3v) is 12.9. The Hall–Kier alpha value is -8.22. The van der Waals surface area contributed by atoms with E-state index in [4.69, 9.17) is 18.3 Å². The highest BCUT2D eigenvalue weighted by atomic mass is 16.6. The number of rotatable bonds is 6. The van der Waals surface area contributed by atoms with Gasteiger partial charge in [-0.15, -0.1) is 0 Å². The van der Waals surface area contributed by atoms with E-state index >= 15 is 0 Å². The summed E-state index contributed by atoms with van der Waals surface area (Å²) >= 11 is 0. The molecule has 6 nitrogen and oxygen atoms in total. The Labute approximate surface area is 363 Å². The Bertz CT molecular complexity index is 3620. The Balaban J connectivity index is 1.07. The van der Waals surface area contributed by atoms with E-state index in [9.17, 15) is 0 Å². The number of fused-ring (bicyclic) bond motifs is 11. The fourth-order valence-corrected chi connectivity index (χ4v) is 9.88. The van der Waals surface area contributed by atoms with Gasteiger partial charge < -0.3 is 28.1 Å². The molecule has 9 aromatic carbocycles. The maximum atomic E-state index is 7.02. The van der Waals surface area contributed by atoms with Crippen LogP contribution in [0, 0.1) is 0 Å². The van der Waals surface area contributed by atoms with Crippen molar-refractivity contribution in [3.8, 4) is 34.1 Å². The van der Waals surface area contributed by atoms with Gasteiger partial charge in [0.1, 0.15) is 22.3 Å². The van der Waals surface area contributed by atoms with Crippen LogP contribution in [0.25, 0.3) is 55.0 Å². The first-order chi connectivity index (χ1) is 31.0. The second-order valence-electron chi connectivity index (χ2n) is 16.9. The molecule has 13 rings (SSSR count). The standard InChI is InChI=1S/C57H38N2O4/c1-57(2)45-22-12-9-19-39(45)42-31-53-54(32-46(42)57)63-56-34-48(59(36-17-7-4-8-18-36)38-26-28-52-44(30-38)41-21-11-14-24-50(41)61-52)47(33-55(56)62-53)58(35-15-5-3-6-16-35)37-25-27-51-43(29-37)40-20-10-13-23-49(40)60-51/h3-34H,1-2H3. The van der Waals surface area contributed by atoms with Crippen molar-refractivity contribution in [2.75, 3.05) is 9.80 Å². The van der Waals surface area contributed by atoms with E-state index in [1.54, 1.807) is 0 Å². The molecule has 1 aliphatic carbocycles. The summed E-state index contributed by atoms with van der Waals surface area (Å²) in [4.78, 5) is 4.61. The maximum Gasteiger partial charge on any atom is 0.172 e. The average Bonchev–Trinajstić information content (AvgIpc) is 3.96. The summed E-state index contributed by atoms with van der Waals surface area (Å²) in [5, 5.41) is 4.19. The van der Waals surface area contributed by atoms with Crippen LogP contribution in [0.5, 0.6) is 23.0 Å². The van der Waals surface area contributed by atoms with E-state index in [0.29, 0.717) is 23.0 Å². The summed E-state index contributed by atoms with van der Waals surface area (Å²) in [5.41, 5.74) is 13.7. The number of para-hydroxylation sites is 4. The highest BCUT2D eigenvalue weighted by Gasteiger charge is 2.38. The summed E-state index contributed by atoms with van der Waals surface area (Å²) in [6.07, 6.45) is 0. The van der Waals surface area contributed by atoms with E-state index < -0.39 is 0 Å². The number of anilines is 6. The fourth-order valence-electron chi connectivity index (χ4n) is 9.88. The molecule has 2 aliphatic rings. The molecule has 0 N–H and O–H groups in total. The van der Waals surface area contributed by atoms with Crippen LogP contribution in [0.1, 0.15) is 25.0 Å². The molecule has 3 heterocycles. The van der Waals surface area contributed by atoms with Crippen molar-refractivity contribution in [1.82, 2.24) is 0 Å². The van der Waals surface area contributed by atoms with Gasteiger partial charge in [0.2, 0.25) is 0 Å². The van der Waals surface area contributed by atoms with Gasteiger partial charge in [-0.05, 0) is 107 Å². The zero-order chi connectivity index (χ0) is 41.8. The van der Waals surface area contributed by atoms with E-state index in [0.717, 1.165) is 78.0 Å². The van der Waals surface area contributed by atoms with Gasteiger partial charge in [-0.1, -0.05) is 111 Å². The van der Waals surface area contributed by atoms with E-state index in [1.165, 1.54) is 22.3 Å². The van der Waals surface area contributed by atoms with Crippen LogP contribution in [-0.4, -0.2) is 0 Å². The molecular weight excluding hydrogens is 777 g/mol. The first kappa shape index (κ1) is 35.5. The fraction of sp³-hybridized carbons (Fsp3) is 0.0526. The van der Waals surface area contributed by atoms with Crippen LogP contribution in [0.4, 0.5) is 34.1 Å². The summed E-state index contributed by atoms with van der Waals surface area (Å²) in [6, 6.07) is 67.5. The third-order valence-electron chi connectivity index (χ3n) is 12.9. The monoisotopic (exact) mass is 814 g/mol. The number of hydrogen-bond donors (Lipinski definition) is 0. The maximum absolute atomic E-state index is 7.02. The topological polar surface area (TPSA) is 51.2 Å². The lowest BCUT2D eigenvalue weighted by atomic mass is 9.82. The van der Waals surface area contributed by atoms with Gasteiger partial charge in [0.15, 0.2) is 23.0 Å². The molecule has 0 saturated heterocycles. The first-order valence-electron chi connectivity index (χ1n) is 21.3. The highest BCUT2D eigenvalue weighted by Crippen LogP contribution is 2.58. The average molecular weight is 815 g/mol. The molecule has 0 bridgehead atoms. The Morgan fingerprint density at radius 2 is 0.778 bits per heavy atom. The van der Waals surface area contributed by atoms with Crippen LogP contribution in [0.15, 0.2) is 203 Å². The summed E-state index contributed by atoms with van der Waals surface area (Å²) in [7, 11) is 0. The van der Waals surface area contributed by atoms with Crippen molar-refractivity contribution in [1.29, 1.82) is 0 Å². The Morgan fingerprint density at radius 1 is 0.333 bits per heavy atom. The molecular formula is C57H38N2O4. The van der Waals surface area contributed by atoms with Crippen molar-refractivity contribution in [2.24, 2.45) is 0 Å². The van der Waals surface area contributed by atoms with E-state index in [1.807, 2.05) is 24.3 Å². The number of furan rings is 2. The molecule has 0 fully saturated rings. The van der Waals surface area contributed by atoms with Gasteiger partial charge in [0.05, 0.1) is 11.4 Å². The molecule has 0 atom stereocenters. The second kappa shape index (κ2) is 13.4. The lowest BCUT2D eigenvalue weighted by Crippen LogP contribution is -2.18. The van der Waals surface area contributed by atoms with Gasteiger partial charge in [-0.25, -0.2) is 0 Å².